The smallest absolute Gasteiger partial charge is 0.326 e. The van der Waals surface area contributed by atoms with Gasteiger partial charge in [-0.05, 0) is 18.6 Å². The monoisotopic (exact) mass is 298 g/mol. The lowest BCUT2D eigenvalue weighted by molar-refractivity contribution is -0.141. The molecular formula is C13H15ClN2O4. The van der Waals surface area contributed by atoms with E-state index in [4.69, 9.17) is 16.7 Å². The van der Waals surface area contributed by atoms with Crippen LogP contribution in [0.15, 0.2) is 12.1 Å². The third-order valence-corrected chi connectivity index (χ3v) is 3.47. The Balaban J connectivity index is 2.30. The number of pyridine rings is 1. The molecule has 1 fully saturated rings. The van der Waals surface area contributed by atoms with Gasteiger partial charge in [0.2, 0.25) is 0 Å². The normalized spacial score (nSPS) is 22.1. The summed E-state index contributed by atoms with van der Waals surface area (Å²) in [6.07, 6.45) is -0.158. The average molecular weight is 299 g/mol. The van der Waals surface area contributed by atoms with Gasteiger partial charge in [-0.15, -0.1) is 0 Å². The Bertz CT molecular complexity index is 549. The van der Waals surface area contributed by atoms with Crippen LogP contribution in [0.25, 0.3) is 0 Å². The number of nitrogens with zero attached hydrogens (tertiary/aromatic N) is 2. The lowest BCUT2D eigenvalue weighted by Crippen LogP contribution is -2.40. The molecule has 1 amide bonds. The van der Waals surface area contributed by atoms with E-state index in [2.05, 4.69) is 4.98 Å². The van der Waals surface area contributed by atoms with E-state index in [1.807, 2.05) is 6.92 Å². The summed E-state index contributed by atoms with van der Waals surface area (Å²) >= 11 is 5.86. The Labute approximate surface area is 121 Å². The molecule has 0 aliphatic carbocycles. The fourth-order valence-electron chi connectivity index (χ4n) is 2.29. The van der Waals surface area contributed by atoms with E-state index in [1.165, 1.54) is 6.07 Å². The van der Waals surface area contributed by atoms with Gasteiger partial charge in [0.15, 0.2) is 0 Å². The van der Waals surface area contributed by atoms with Gasteiger partial charge in [-0.2, -0.15) is 0 Å². The second-order valence-corrected chi connectivity index (χ2v) is 5.11. The van der Waals surface area contributed by atoms with E-state index in [0.717, 1.165) is 4.90 Å². The number of likely N-dealkylation sites (tertiary alicyclic amines) is 1. The van der Waals surface area contributed by atoms with Gasteiger partial charge in [0.25, 0.3) is 5.91 Å². The highest BCUT2D eigenvalue weighted by molar-refractivity contribution is 6.29. The summed E-state index contributed by atoms with van der Waals surface area (Å²) in [6, 6.07) is 2.00. The molecule has 2 unspecified atom stereocenters. The van der Waals surface area contributed by atoms with Crippen LogP contribution in [-0.2, 0) is 11.2 Å². The maximum Gasteiger partial charge on any atom is 0.326 e. The molecule has 2 rings (SSSR count). The quantitative estimate of drug-likeness (QED) is 0.811. The van der Waals surface area contributed by atoms with Gasteiger partial charge in [0.1, 0.15) is 11.2 Å². The first-order valence-electron chi connectivity index (χ1n) is 6.30. The number of aliphatic carboxylic acids is 1. The Morgan fingerprint density at radius 1 is 1.50 bits per heavy atom. The molecule has 20 heavy (non-hydrogen) atoms. The van der Waals surface area contributed by atoms with Crippen LogP contribution < -0.4 is 0 Å². The van der Waals surface area contributed by atoms with E-state index in [9.17, 15) is 14.7 Å². The summed E-state index contributed by atoms with van der Waals surface area (Å²) < 4.78 is 0. The molecule has 2 atom stereocenters. The molecule has 1 aromatic heterocycles. The number of carboxylic acids is 1. The number of aromatic nitrogens is 1. The van der Waals surface area contributed by atoms with E-state index < -0.39 is 24.0 Å². The van der Waals surface area contributed by atoms with Gasteiger partial charge in [0.05, 0.1) is 6.10 Å². The van der Waals surface area contributed by atoms with E-state index in [-0.39, 0.29) is 18.1 Å². The minimum Gasteiger partial charge on any atom is -0.480 e. The van der Waals surface area contributed by atoms with Crippen LogP contribution in [0.3, 0.4) is 0 Å². The molecule has 108 valence electrons. The number of carboxylic acid groups (broad SMARTS) is 1. The SMILES string of the molecule is CCc1cc(C(=O)N2CC(O)CC2C(=O)O)cc(Cl)n1. The fourth-order valence-corrected chi connectivity index (χ4v) is 2.52. The summed E-state index contributed by atoms with van der Waals surface area (Å²) in [5, 5.41) is 18.9. The third kappa shape index (κ3) is 2.91. The molecule has 1 aliphatic heterocycles. The molecule has 2 N–H and O–H groups in total. The summed E-state index contributed by atoms with van der Waals surface area (Å²) in [5.74, 6) is -1.57. The van der Waals surface area contributed by atoms with Crippen molar-refractivity contribution in [2.24, 2.45) is 0 Å². The Morgan fingerprint density at radius 2 is 2.20 bits per heavy atom. The molecule has 1 saturated heterocycles. The lowest BCUT2D eigenvalue weighted by atomic mass is 10.1. The zero-order chi connectivity index (χ0) is 14.9. The number of halogens is 1. The molecule has 1 aliphatic rings. The molecular weight excluding hydrogens is 284 g/mol. The standard InChI is InChI=1S/C13H15ClN2O4/c1-2-8-3-7(4-11(14)15-8)12(18)16-6-9(17)5-10(16)13(19)20/h3-4,9-10,17H,2,5-6H2,1H3,(H,19,20). The summed E-state index contributed by atoms with van der Waals surface area (Å²) in [5.41, 5.74) is 0.953. The van der Waals surface area contributed by atoms with E-state index >= 15 is 0 Å². The average Bonchev–Trinajstić information content (AvgIpc) is 2.79. The molecule has 7 heteroatoms. The minimum atomic E-state index is -1.12. The van der Waals surface area contributed by atoms with Crippen LogP contribution in [0, 0.1) is 0 Å². The van der Waals surface area contributed by atoms with Crippen LogP contribution >= 0.6 is 11.6 Å². The first-order valence-corrected chi connectivity index (χ1v) is 6.68. The molecule has 1 aromatic rings. The zero-order valence-electron chi connectivity index (χ0n) is 10.9. The second kappa shape index (κ2) is 5.76. The predicted octanol–water partition coefficient (Wildman–Crippen LogP) is 0.957. The lowest BCUT2D eigenvalue weighted by Gasteiger charge is -2.21. The van der Waals surface area contributed by atoms with Crippen molar-refractivity contribution in [2.45, 2.75) is 31.9 Å². The van der Waals surface area contributed by atoms with Crippen LogP contribution in [0.5, 0.6) is 0 Å². The van der Waals surface area contributed by atoms with Crippen molar-refractivity contribution >= 4 is 23.5 Å². The van der Waals surface area contributed by atoms with Gasteiger partial charge >= 0.3 is 5.97 Å². The molecule has 0 bridgehead atoms. The van der Waals surface area contributed by atoms with Gasteiger partial charge in [-0.3, -0.25) is 4.79 Å². The van der Waals surface area contributed by atoms with Crippen molar-refractivity contribution in [3.05, 3.63) is 28.5 Å². The number of aryl methyl sites for hydroxylation is 1. The van der Waals surface area contributed by atoms with E-state index in [1.54, 1.807) is 6.07 Å². The molecule has 0 radical (unpaired) electrons. The number of β-amino-alcohol motifs (C(OH)–C–C–N with tert-alkyl or cyclic N) is 1. The molecule has 6 nitrogen and oxygen atoms in total. The molecule has 0 spiro atoms. The number of hydrogen-bond acceptors (Lipinski definition) is 4. The first-order chi connectivity index (χ1) is 9.42. The van der Waals surface area contributed by atoms with Crippen molar-refractivity contribution < 1.29 is 19.8 Å². The topological polar surface area (TPSA) is 90.7 Å². The molecule has 0 saturated carbocycles. The van der Waals surface area contributed by atoms with Crippen LogP contribution in [0.1, 0.15) is 29.4 Å². The largest absolute Gasteiger partial charge is 0.480 e. The van der Waals surface area contributed by atoms with Crippen molar-refractivity contribution in [1.82, 2.24) is 9.88 Å². The number of carbonyl (C=O) groups is 2. The second-order valence-electron chi connectivity index (χ2n) is 4.72. The highest BCUT2D eigenvalue weighted by Crippen LogP contribution is 2.22. The number of rotatable bonds is 3. The molecule has 2 heterocycles. The van der Waals surface area contributed by atoms with Crippen LogP contribution in [0.4, 0.5) is 0 Å². The van der Waals surface area contributed by atoms with Crippen molar-refractivity contribution in [3.63, 3.8) is 0 Å². The van der Waals surface area contributed by atoms with Gasteiger partial charge in [-0.1, -0.05) is 18.5 Å². The van der Waals surface area contributed by atoms with Gasteiger partial charge in [-0.25, -0.2) is 9.78 Å². The van der Waals surface area contributed by atoms with Crippen LogP contribution in [-0.4, -0.2) is 50.7 Å². The fraction of sp³-hybridized carbons (Fsp3) is 0.462. The van der Waals surface area contributed by atoms with E-state index in [0.29, 0.717) is 17.7 Å². The Kier molecular flexibility index (Phi) is 4.25. The zero-order valence-corrected chi connectivity index (χ0v) is 11.7. The number of aliphatic hydroxyl groups is 1. The Morgan fingerprint density at radius 3 is 2.80 bits per heavy atom. The maximum absolute atomic E-state index is 12.4. The van der Waals surface area contributed by atoms with Gasteiger partial charge in [0, 0.05) is 24.2 Å². The summed E-state index contributed by atoms with van der Waals surface area (Å²) in [7, 11) is 0. The number of hydrogen-bond donors (Lipinski definition) is 2. The van der Waals surface area contributed by atoms with Gasteiger partial charge < -0.3 is 15.1 Å². The van der Waals surface area contributed by atoms with Crippen molar-refractivity contribution in [1.29, 1.82) is 0 Å². The highest BCUT2D eigenvalue weighted by Gasteiger charge is 2.39. The predicted molar refractivity (Wildman–Crippen MR) is 71.7 cm³/mol. The number of aliphatic hydroxyl groups excluding tert-OH is 1. The molecule has 0 aromatic carbocycles. The van der Waals surface area contributed by atoms with Crippen molar-refractivity contribution in [2.75, 3.05) is 6.54 Å². The highest BCUT2D eigenvalue weighted by atomic mass is 35.5. The summed E-state index contributed by atoms with van der Waals surface area (Å²) in [4.78, 5) is 28.8. The minimum absolute atomic E-state index is 0.0111. The third-order valence-electron chi connectivity index (χ3n) is 3.28. The maximum atomic E-state index is 12.4. The van der Waals surface area contributed by atoms with Crippen molar-refractivity contribution in [3.8, 4) is 0 Å². The summed E-state index contributed by atoms with van der Waals surface area (Å²) in [6.45, 7) is 1.89. The first kappa shape index (κ1) is 14.7. The van der Waals surface area contributed by atoms with Crippen LogP contribution in [0.2, 0.25) is 5.15 Å². The number of amides is 1. The Hall–Kier alpha value is -1.66. The number of carbonyl (C=O) groups excluding carboxylic acids is 1.